The van der Waals surface area contributed by atoms with Gasteiger partial charge in [-0.15, -0.1) is 0 Å². The third-order valence-electron chi connectivity index (χ3n) is 3.42. The van der Waals surface area contributed by atoms with Crippen molar-refractivity contribution in [3.05, 3.63) is 65.7 Å². The molecule has 1 atom stereocenters. The van der Waals surface area contributed by atoms with Crippen LogP contribution in [0, 0.1) is 24.2 Å². The standard InChI is InChI=1S/C19H20N2O2/c1-15-7-6-10-18(11-15)21(13-16(2)12-20)19(22)23-14-17-8-4-3-5-9-17/h3-11,16H,13-14H2,1-2H3. The van der Waals surface area contributed by atoms with E-state index in [0.717, 1.165) is 16.8 Å². The number of hydrogen-bond acceptors (Lipinski definition) is 3. The van der Waals surface area contributed by atoms with E-state index >= 15 is 0 Å². The minimum atomic E-state index is -0.443. The topological polar surface area (TPSA) is 53.3 Å². The van der Waals surface area contributed by atoms with Crippen LogP contribution < -0.4 is 4.90 Å². The Balaban J connectivity index is 2.13. The van der Waals surface area contributed by atoms with Crippen LogP contribution in [0.25, 0.3) is 0 Å². The normalized spacial score (nSPS) is 11.3. The number of hydrogen-bond donors (Lipinski definition) is 0. The lowest BCUT2D eigenvalue weighted by molar-refractivity contribution is 0.146. The van der Waals surface area contributed by atoms with Crippen LogP contribution in [-0.2, 0) is 11.3 Å². The highest BCUT2D eigenvalue weighted by molar-refractivity contribution is 5.87. The molecule has 0 saturated carbocycles. The minimum Gasteiger partial charge on any atom is -0.444 e. The molecule has 1 amide bonds. The first kappa shape index (κ1) is 16.6. The summed E-state index contributed by atoms with van der Waals surface area (Å²) in [5, 5.41) is 9.05. The van der Waals surface area contributed by atoms with Crippen molar-refractivity contribution >= 4 is 11.8 Å². The van der Waals surface area contributed by atoms with Crippen molar-refractivity contribution in [2.24, 2.45) is 5.92 Å². The van der Waals surface area contributed by atoms with Gasteiger partial charge < -0.3 is 4.74 Å². The molecule has 4 nitrogen and oxygen atoms in total. The van der Waals surface area contributed by atoms with Crippen LogP contribution in [0.3, 0.4) is 0 Å². The third kappa shape index (κ3) is 4.86. The Labute approximate surface area is 136 Å². The lowest BCUT2D eigenvalue weighted by Gasteiger charge is -2.23. The van der Waals surface area contributed by atoms with E-state index in [1.54, 1.807) is 6.92 Å². The highest BCUT2D eigenvalue weighted by Gasteiger charge is 2.20. The molecule has 0 bridgehead atoms. The zero-order valence-electron chi connectivity index (χ0n) is 13.4. The summed E-state index contributed by atoms with van der Waals surface area (Å²) in [6.45, 7) is 4.26. The summed E-state index contributed by atoms with van der Waals surface area (Å²) in [4.78, 5) is 14.0. The van der Waals surface area contributed by atoms with Gasteiger partial charge in [-0.3, -0.25) is 4.90 Å². The van der Waals surface area contributed by atoms with Crippen molar-refractivity contribution in [1.29, 1.82) is 5.26 Å². The van der Waals surface area contributed by atoms with Crippen LogP contribution in [-0.4, -0.2) is 12.6 Å². The van der Waals surface area contributed by atoms with Crippen molar-refractivity contribution < 1.29 is 9.53 Å². The van der Waals surface area contributed by atoms with E-state index in [4.69, 9.17) is 10.00 Å². The molecule has 0 aromatic heterocycles. The maximum absolute atomic E-state index is 12.5. The highest BCUT2D eigenvalue weighted by Crippen LogP contribution is 2.19. The predicted octanol–water partition coefficient (Wildman–Crippen LogP) is 4.30. The number of carbonyl (C=O) groups excluding carboxylic acids is 1. The fourth-order valence-corrected chi connectivity index (χ4v) is 2.19. The highest BCUT2D eigenvalue weighted by atomic mass is 16.6. The van der Waals surface area contributed by atoms with E-state index in [1.807, 2.05) is 61.5 Å². The van der Waals surface area contributed by atoms with Gasteiger partial charge in [-0.2, -0.15) is 5.26 Å². The van der Waals surface area contributed by atoms with Crippen LogP contribution in [0.5, 0.6) is 0 Å². The van der Waals surface area contributed by atoms with Gasteiger partial charge in [0.05, 0.1) is 12.0 Å². The monoisotopic (exact) mass is 308 g/mol. The minimum absolute atomic E-state index is 0.211. The van der Waals surface area contributed by atoms with E-state index in [1.165, 1.54) is 4.90 Å². The van der Waals surface area contributed by atoms with Crippen molar-refractivity contribution in [3.8, 4) is 6.07 Å². The molecule has 1 unspecified atom stereocenters. The van der Waals surface area contributed by atoms with Gasteiger partial charge in [-0.05, 0) is 37.1 Å². The number of nitrogens with zero attached hydrogens (tertiary/aromatic N) is 2. The van der Waals surface area contributed by atoms with Gasteiger partial charge in [0.25, 0.3) is 0 Å². The molecule has 2 rings (SSSR count). The summed E-state index contributed by atoms with van der Waals surface area (Å²) in [5.74, 6) is -0.278. The average Bonchev–Trinajstić information content (AvgIpc) is 2.58. The Morgan fingerprint density at radius 1 is 1.22 bits per heavy atom. The van der Waals surface area contributed by atoms with E-state index in [9.17, 15) is 4.79 Å². The summed E-state index contributed by atoms with van der Waals surface area (Å²) < 4.78 is 5.41. The van der Waals surface area contributed by atoms with Crippen LogP contribution >= 0.6 is 0 Å². The molecule has 0 saturated heterocycles. The van der Waals surface area contributed by atoms with Gasteiger partial charge in [-0.25, -0.2) is 4.79 Å². The van der Waals surface area contributed by atoms with Crippen molar-refractivity contribution in [3.63, 3.8) is 0 Å². The molecule has 2 aromatic rings. The molecule has 118 valence electrons. The third-order valence-corrected chi connectivity index (χ3v) is 3.42. The smallest absolute Gasteiger partial charge is 0.414 e. The van der Waals surface area contributed by atoms with Crippen LogP contribution in [0.2, 0.25) is 0 Å². The summed E-state index contributed by atoms with van der Waals surface area (Å²) >= 11 is 0. The van der Waals surface area contributed by atoms with Crippen LogP contribution in [0.4, 0.5) is 10.5 Å². The Bertz CT molecular complexity index is 692. The van der Waals surface area contributed by atoms with E-state index < -0.39 is 6.09 Å². The van der Waals surface area contributed by atoms with Gasteiger partial charge in [0.1, 0.15) is 6.61 Å². The summed E-state index contributed by atoms with van der Waals surface area (Å²) in [6, 6.07) is 19.3. The van der Waals surface area contributed by atoms with Gasteiger partial charge in [0, 0.05) is 12.2 Å². The first-order valence-corrected chi connectivity index (χ1v) is 7.54. The summed E-state index contributed by atoms with van der Waals surface area (Å²) in [5.41, 5.74) is 2.72. The second-order valence-corrected chi connectivity index (χ2v) is 5.52. The fourth-order valence-electron chi connectivity index (χ4n) is 2.19. The van der Waals surface area contributed by atoms with Gasteiger partial charge in [0.2, 0.25) is 0 Å². The van der Waals surface area contributed by atoms with E-state index in [-0.39, 0.29) is 12.5 Å². The molecular weight excluding hydrogens is 288 g/mol. The summed E-state index contributed by atoms with van der Waals surface area (Å²) in [6.07, 6.45) is -0.443. The molecule has 0 radical (unpaired) electrons. The molecule has 0 aliphatic heterocycles. The maximum Gasteiger partial charge on any atom is 0.414 e. The Hall–Kier alpha value is -2.80. The number of amides is 1. The van der Waals surface area contributed by atoms with Gasteiger partial charge >= 0.3 is 6.09 Å². The molecule has 0 aliphatic carbocycles. The second kappa shape index (κ2) is 8.00. The molecule has 23 heavy (non-hydrogen) atoms. The number of ether oxygens (including phenoxy) is 1. The molecule has 0 spiro atoms. The number of anilines is 1. The van der Waals surface area contributed by atoms with Crippen molar-refractivity contribution in [2.45, 2.75) is 20.5 Å². The average molecular weight is 308 g/mol. The zero-order valence-corrected chi connectivity index (χ0v) is 13.4. The fraction of sp³-hybridized carbons (Fsp3) is 0.263. The summed E-state index contributed by atoms with van der Waals surface area (Å²) in [7, 11) is 0. The van der Waals surface area contributed by atoms with Crippen molar-refractivity contribution in [1.82, 2.24) is 0 Å². The number of carbonyl (C=O) groups is 1. The first-order chi connectivity index (χ1) is 11.1. The Morgan fingerprint density at radius 3 is 2.61 bits per heavy atom. The van der Waals surface area contributed by atoms with Crippen LogP contribution in [0.1, 0.15) is 18.1 Å². The lowest BCUT2D eigenvalue weighted by Crippen LogP contribution is -2.35. The van der Waals surface area contributed by atoms with Crippen LogP contribution in [0.15, 0.2) is 54.6 Å². The van der Waals surface area contributed by atoms with E-state index in [0.29, 0.717) is 6.54 Å². The molecular formula is C19H20N2O2. The number of benzene rings is 2. The predicted molar refractivity (Wildman–Crippen MR) is 89.9 cm³/mol. The molecule has 2 aromatic carbocycles. The number of rotatable bonds is 5. The largest absolute Gasteiger partial charge is 0.444 e. The first-order valence-electron chi connectivity index (χ1n) is 7.54. The Kier molecular flexibility index (Phi) is 5.76. The lowest BCUT2D eigenvalue weighted by atomic mass is 10.1. The molecule has 4 heteroatoms. The number of aryl methyl sites for hydroxylation is 1. The molecule has 0 N–H and O–H groups in total. The van der Waals surface area contributed by atoms with Gasteiger partial charge in [0.15, 0.2) is 0 Å². The van der Waals surface area contributed by atoms with Gasteiger partial charge in [-0.1, -0.05) is 42.5 Å². The second-order valence-electron chi connectivity index (χ2n) is 5.52. The van der Waals surface area contributed by atoms with E-state index in [2.05, 4.69) is 6.07 Å². The molecule has 0 heterocycles. The molecule has 0 fully saturated rings. The zero-order chi connectivity index (χ0) is 16.7. The quantitative estimate of drug-likeness (QED) is 0.827. The number of nitriles is 1. The maximum atomic E-state index is 12.5. The van der Waals surface area contributed by atoms with Crippen molar-refractivity contribution in [2.75, 3.05) is 11.4 Å². The SMILES string of the molecule is Cc1cccc(N(CC(C)C#N)C(=O)OCc2ccccc2)c1. The Morgan fingerprint density at radius 2 is 1.96 bits per heavy atom. The molecule has 0 aliphatic rings.